The first-order valence-electron chi connectivity index (χ1n) is 10.4. The fourth-order valence-corrected chi connectivity index (χ4v) is 4.76. The molecule has 2 aromatic heterocycles. The third-order valence-electron chi connectivity index (χ3n) is 6.49. The topological polar surface area (TPSA) is 102 Å². The van der Waals surface area contributed by atoms with Crippen molar-refractivity contribution in [1.29, 1.82) is 0 Å². The zero-order valence-corrected chi connectivity index (χ0v) is 17.5. The van der Waals surface area contributed by atoms with Crippen molar-refractivity contribution >= 4 is 5.57 Å². The minimum atomic E-state index is -1.01. The lowest BCUT2D eigenvalue weighted by Crippen LogP contribution is -2.56. The summed E-state index contributed by atoms with van der Waals surface area (Å²) in [5.74, 6) is 0.293. The van der Waals surface area contributed by atoms with Crippen LogP contribution in [0.1, 0.15) is 37.7 Å². The van der Waals surface area contributed by atoms with Crippen LogP contribution in [0.5, 0.6) is 5.75 Å². The van der Waals surface area contributed by atoms with E-state index >= 15 is 4.39 Å². The lowest BCUT2D eigenvalue weighted by molar-refractivity contribution is 0.103. The minimum Gasteiger partial charge on any atom is -0.507 e. The second-order valence-corrected chi connectivity index (χ2v) is 8.70. The number of benzene rings is 1. The summed E-state index contributed by atoms with van der Waals surface area (Å²) < 4.78 is 15.2. The van der Waals surface area contributed by atoms with Crippen molar-refractivity contribution in [3.05, 3.63) is 48.4 Å². The van der Waals surface area contributed by atoms with Crippen molar-refractivity contribution in [3.8, 4) is 22.7 Å². The van der Waals surface area contributed by atoms with Gasteiger partial charge in [-0.1, -0.05) is 6.58 Å². The second-order valence-electron chi connectivity index (χ2n) is 8.70. The highest BCUT2D eigenvalue weighted by molar-refractivity contribution is 5.70. The third kappa shape index (κ3) is 3.38. The first-order valence-corrected chi connectivity index (χ1v) is 10.4. The molecule has 160 valence electrons. The maximum atomic E-state index is 15.2. The number of aryl methyl sites for hydroxylation is 1. The SMILES string of the molecule is C=C(c1ccc(-c2ccc(-n3nnc(C)n3)cc2O)nn1)[C@@H]1CC2CC[C@](C)(N2)[C@H]1F. The standard InChI is InChI=1S/C22H24FN7O/c1-12(17-10-14-8-9-22(3,24-14)21(17)23)18-6-7-19(27-26-18)16-5-4-15(11-20(16)31)30-28-13(2)25-29-30/h4-7,11,14,17,21,24,31H,1,8-10H2,2-3H3/t14?,17-,21-,22-/m0/s1. The molecule has 1 aromatic carbocycles. The summed E-state index contributed by atoms with van der Waals surface area (Å²) in [6.07, 6.45) is 1.54. The Hall–Kier alpha value is -3.20. The molecule has 2 saturated heterocycles. The predicted octanol–water partition coefficient (Wildman–Crippen LogP) is 3.02. The number of alkyl halides is 1. The van der Waals surface area contributed by atoms with Crippen LogP contribution in [-0.2, 0) is 0 Å². The van der Waals surface area contributed by atoms with Crippen molar-refractivity contribution in [1.82, 2.24) is 35.7 Å². The van der Waals surface area contributed by atoms with Crippen LogP contribution in [0.2, 0.25) is 0 Å². The molecule has 4 heterocycles. The quantitative estimate of drug-likeness (QED) is 0.668. The second kappa shape index (κ2) is 7.19. The van der Waals surface area contributed by atoms with E-state index in [4.69, 9.17) is 0 Å². The van der Waals surface area contributed by atoms with Crippen LogP contribution in [0.3, 0.4) is 0 Å². The van der Waals surface area contributed by atoms with E-state index in [0.29, 0.717) is 40.1 Å². The number of aromatic hydroxyl groups is 1. The lowest BCUT2D eigenvalue weighted by Gasteiger charge is -2.40. The number of allylic oxidation sites excluding steroid dienone is 1. The van der Waals surface area contributed by atoms with E-state index < -0.39 is 11.7 Å². The van der Waals surface area contributed by atoms with E-state index in [-0.39, 0.29) is 11.7 Å². The number of halogens is 1. The van der Waals surface area contributed by atoms with Crippen LogP contribution in [0.4, 0.5) is 4.39 Å². The van der Waals surface area contributed by atoms with Gasteiger partial charge < -0.3 is 10.4 Å². The first-order chi connectivity index (χ1) is 14.8. The van der Waals surface area contributed by atoms with Gasteiger partial charge in [-0.2, -0.15) is 5.10 Å². The van der Waals surface area contributed by atoms with Crippen LogP contribution in [0, 0.1) is 12.8 Å². The van der Waals surface area contributed by atoms with Gasteiger partial charge in [0.25, 0.3) is 0 Å². The van der Waals surface area contributed by atoms with Gasteiger partial charge in [0.2, 0.25) is 0 Å². The minimum absolute atomic E-state index is 0.0278. The summed E-state index contributed by atoms with van der Waals surface area (Å²) in [5, 5.41) is 34.4. The van der Waals surface area contributed by atoms with Gasteiger partial charge in [-0.25, -0.2) is 4.39 Å². The van der Waals surface area contributed by atoms with Crippen molar-refractivity contribution < 1.29 is 9.50 Å². The molecule has 31 heavy (non-hydrogen) atoms. The van der Waals surface area contributed by atoms with Gasteiger partial charge >= 0.3 is 0 Å². The largest absolute Gasteiger partial charge is 0.507 e. The van der Waals surface area contributed by atoms with Gasteiger partial charge in [0.1, 0.15) is 11.9 Å². The number of rotatable bonds is 4. The lowest BCUT2D eigenvalue weighted by atomic mass is 9.78. The molecule has 5 rings (SSSR count). The summed E-state index contributed by atoms with van der Waals surface area (Å²) in [6.45, 7) is 7.84. The summed E-state index contributed by atoms with van der Waals surface area (Å²) >= 11 is 0. The first kappa shape index (κ1) is 19.7. The van der Waals surface area contributed by atoms with E-state index in [2.05, 4.69) is 37.5 Å². The normalized spacial score (nSPS) is 27.4. The Morgan fingerprint density at radius 1 is 1.26 bits per heavy atom. The van der Waals surface area contributed by atoms with Crippen molar-refractivity contribution in [2.75, 3.05) is 0 Å². The molecule has 0 amide bonds. The molecule has 2 N–H and O–H groups in total. The van der Waals surface area contributed by atoms with Crippen LogP contribution >= 0.6 is 0 Å². The summed E-state index contributed by atoms with van der Waals surface area (Å²) in [7, 11) is 0. The Labute approximate surface area is 179 Å². The van der Waals surface area contributed by atoms with Gasteiger partial charge in [-0.3, -0.25) is 0 Å². The van der Waals surface area contributed by atoms with E-state index in [1.807, 2.05) is 6.92 Å². The number of piperidine rings is 1. The molecule has 2 aliphatic heterocycles. The molecule has 9 heteroatoms. The number of nitrogens with zero attached hydrogens (tertiary/aromatic N) is 6. The molecule has 0 aliphatic carbocycles. The van der Waals surface area contributed by atoms with Crippen LogP contribution < -0.4 is 5.32 Å². The highest BCUT2D eigenvalue weighted by Crippen LogP contribution is 2.45. The molecule has 4 atom stereocenters. The molecule has 3 aromatic rings. The summed E-state index contributed by atoms with van der Waals surface area (Å²) in [6, 6.07) is 8.92. The average molecular weight is 421 g/mol. The summed E-state index contributed by atoms with van der Waals surface area (Å²) in [4.78, 5) is 1.34. The number of tetrazole rings is 1. The van der Waals surface area contributed by atoms with E-state index in [1.165, 1.54) is 4.80 Å². The number of nitrogens with one attached hydrogen (secondary N) is 1. The monoisotopic (exact) mass is 421 g/mol. The van der Waals surface area contributed by atoms with Gasteiger partial charge in [0, 0.05) is 29.1 Å². The Morgan fingerprint density at radius 2 is 2.10 bits per heavy atom. The Morgan fingerprint density at radius 3 is 2.77 bits per heavy atom. The van der Waals surface area contributed by atoms with Crippen LogP contribution in [0.15, 0.2) is 36.9 Å². The molecule has 2 aliphatic rings. The van der Waals surface area contributed by atoms with E-state index in [9.17, 15) is 5.11 Å². The molecule has 0 spiro atoms. The fraction of sp³-hybridized carbons (Fsp3) is 0.409. The molecule has 1 unspecified atom stereocenters. The summed E-state index contributed by atoms with van der Waals surface area (Å²) in [5.41, 5.74) is 2.40. The molecular weight excluding hydrogens is 397 g/mol. The van der Waals surface area contributed by atoms with Gasteiger partial charge in [0.15, 0.2) is 5.82 Å². The number of hydrogen-bond acceptors (Lipinski definition) is 7. The molecule has 2 bridgehead atoms. The maximum absolute atomic E-state index is 15.2. The van der Waals surface area contributed by atoms with Crippen molar-refractivity contribution in [2.24, 2.45) is 5.92 Å². The van der Waals surface area contributed by atoms with E-state index in [1.54, 1.807) is 37.3 Å². The predicted molar refractivity (Wildman–Crippen MR) is 113 cm³/mol. The molecular formula is C22H24FN7O. The number of phenols is 1. The van der Waals surface area contributed by atoms with Crippen LogP contribution in [-0.4, -0.2) is 53.3 Å². The smallest absolute Gasteiger partial charge is 0.172 e. The van der Waals surface area contributed by atoms with Gasteiger partial charge in [0.05, 0.1) is 17.1 Å². The molecule has 2 fully saturated rings. The molecule has 8 nitrogen and oxygen atoms in total. The molecule has 0 saturated carbocycles. The van der Waals surface area contributed by atoms with Gasteiger partial charge in [-0.15, -0.1) is 20.1 Å². The zero-order valence-electron chi connectivity index (χ0n) is 17.5. The Bertz CT molecular complexity index is 1150. The highest BCUT2D eigenvalue weighted by Gasteiger charge is 2.51. The third-order valence-corrected chi connectivity index (χ3v) is 6.49. The average Bonchev–Trinajstić information content (AvgIpc) is 3.34. The zero-order chi connectivity index (χ0) is 21.8. The highest BCUT2D eigenvalue weighted by atomic mass is 19.1. The number of fused-ring (bicyclic) bond motifs is 2. The maximum Gasteiger partial charge on any atom is 0.172 e. The molecule has 0 radical (unpaired) electrons. The van der Waals surface area contributed by atoms with Crippen molar-refractivity contribution in [3.63, 3.8) is 0 Å². The Kier molecular flexibility index (Phi) is 4.58. The number of hydrogen-bond donors (Lipinski definition) is 2. The van der Waals surface area contributed by atoms with E-state index in [0.717, 1.165) is 19.3 Å². The van der Waals surface area contributed by atoms with Gasteiger partial charge in [-0.05, 0) is 68.2 Å². The number of aromatic nitrogens is 6. The van der Waals surface area contributed by atoms with Crippen molar-refractivity contribution in [2.45, 2.75) is 50.9 Å². The fourth-order valence-electron chi connectivity index (χ4n) is 4.76. The number of phenolic OH excluding ortho intramolecular Hbond substituents is 1. The van der Waals surface area contributed by atoms with Crippen LogP contribution in [0.25, 0.3) is 22.5 Å². The Balaban J connectivity index is 1.37.